The molecule has 0 radical (unpaired) electrons. The molecule has 3 aromatic heterocycles. The molecule has 0 saturated heterocycles. The number of benzene rings is 3. The number of aryl methyl sites for hydroxylation is 2. The lowest BCUT2D eigenvalue weighted by molar-refractivity contribution is 0.981. The summed E-state index contributed by atoms with van der Waals surface area (Å²) >= 11 is 6.16. The van der Waals surface area contributed by atoms with E-state index >= 15 is 0 Å². The Bertz CT molecular complexity index is 1610. The topological polar surface area (TPSA) is 21.7 Å². The van der Waals surface area contributed by atoms with Crippen molar-refractivity contribution in [3.05, 3.63) is 112 Å². The van der Waals surface area contributed by atoms with Crippen LogP contribution in [0, 0.1) is 13.8 Å². The highest BCUT2D eigenvalue weighted by Crippen LogP contribution is 2.34. The minimum Gasteiger partial charge on any atom is -0.315 e. The molecule has 6 aromatic rings. The first kappa shape index (κ1) is 19.1. The van der Waals surface area contributed by atoms with Gasteiger partial charge in [0.25, 0.3) is 0 Å². The predicted octanol–water partition coefficient (Wildman–Crippen LogP) is 7.27. The Labute approximate surface area is 191 Å². The van der Waals surface area contributed by atoms with Gasteiger partial charge in [-0.15, -0.1) is 0 Å². The zero-order valence-electron chi connectivity index (χ0n) is 18.0. The lowest BCUT2D eigenvalue weighted by Crippen LogP contribution is -2.07. The second-order valence-electron chi connectivity index (χ2n) is 8.42. The molecular formula is C28H22ClN3. The minimum absolute atomic E-state index is 0.755. The molecule has 0 unspecified atom stereocenters. The molecule has 3 heterocycles. The smallest absolute Gasteiger partial charge is 0.162 e. The molecule has 3 nitrogen and oxygen atoms in total. The average molecular weight is 436 g/mol. The quantitative estimate of drug-likeness (QED) is 0.286. The Hall–Kier alpha value is -3.56. The number of aromatic nitrogens is 3. The molecule has 156 valence electrons. The molecular weight excluding hydrogens is 414 g/mol. The van der Waals surface area contributed by atoms with Gasteiger partial charge in [0.15, 0.2) is 5.65 Å². The van der Waals surface area contributed by atoms with Crippen molar-refractivity contribution in [2.45, 2.75) is 20.3 Å². The fraction of sp³-hybridized carbons (Fsp3) is 0.107. The number of imidazole rings is 1. The summed E-state index contributed by atoms with van der Waals surface area (Å²) < 4.78 is 4.63. The van der Waals surface area contributed by atoms with E-state index in [0.717, 1.165) is 33.6 Å². The largest absolute Gasteiger partial charge is 0.315 e. The highest BCUT2D eigenvalue weighted by atomic mass is 35.5. The molecule has 0 aliphatic carbocycles. The van der Waals surface area contributed by atoms with Crippen molar-refractivity contribution >= 4 is 33.8 Å². The van der Waals surface area contributed by atoms with E-state index in [9.17, 15) is 0 Å². The molecule has 0 atom stereocenters. The van der Waals surface area contributed by atoms with Crippen LogP contribution < -0.4 is 0 Å². The van der Waals surface area contributed by atoms with E-state index in [-0.39, 0.29) is 0 Å². The first-order valence-electron chi connectivity index (χ1n) is 10.8. The van der Waals surface area contributed by atoms with Crippen LogP contribution in [0.4, 0.5) is 0 Å². The van der Waals surface area contributed by atoms with Crippen molar-refractivity contribution in [3.63, 3.8) is 0 Å². The van der Waals surface area contributed by atoms with Crippen LogP contribution >= 0.6 is 11.6 Å². The molecule has 0 spiro atoms. The second kappa shape index (κ2) is 7.25. The molecule has 32 heavy (non-hydrogen) atoms. The monoisotopic (exact) mass is 435 g/mol. The predicted molar refractivity (Wildman–Crippen MR) is 133 cm³/mol. The van der Waals surface area contributed by atoms with E-state index < -0.39 is 0 Å². The van der Waals surface area contributed by atoms with Crippen molar-refractivity contribution in [3.8, 4) is 11.3 Å². The van der Waals surface area contributed by atoms with Gasteiger partial charge in [0.1, 0.15) is 0 Å². The number of halogens is 1. The lowest BCUT2D eigenvalue weighted by atomic mass is 10.0. The molecule has 0 fully saturated rings. The summed E-state index contributed by atoms with van der Waals surface area (Å²) in [6.45, 7) is 4.32. The van der Waals surface area contributed by atoms with Gasteiger partial charge < -0.3 is 4.40 Å². The zero-order valence-corrected chi connectivity index (χ0v) is 18.8. The molecule has 3 aromatic carbocycles. The molecule has 0 aliphatic rings. The standard InChI is InChI=1S/C28H22ClN3/c1-18-15-23-25(16-19(18)2)32-27(21-7-4-3-5-8-21)26(17-20-10-12-22(29)13-11-20)31-14-6-9-24(31)28(32)30-23/h3-16H,17H2,1-2H3. The number of rotatable bonds is 3. The molecule has 0 bridgehead atoms. The maximum Gasteiger partial charge on any atom is 0.162 e. The van der Waals surface area contributed by atoms with Crippen LogP contribution in [0.15, 0.2) is 85.1 Å². The van der Waals surface area contributed by atoms with E-state index in [1.165, 1.54) is 33.6 Å². The number of nitrogens with zero attached hydrogens (tertiary/aromatic N) is 3. The van der Waals surface area contributed by atoms with Crippen LogP contribution in [-0.2, 0) is 6.42 Å². The minimum atomic E-state index is 0.755. The molecule has 6 rings (SSSR count). The Kier molecular flexibility index (Phi) is 4.34. The van der Waals surface area contributed by atoms with Crippen molar-refractivity contribution < 1.29 is 0 Å². The van der Waals surface area contributed by atoms with E-state index in [4.69, 9.17) is 16.6 Å². The Morgan fingerprint density at radius 2 is 1.56 bits per heavy atom. The average Bonchev–Trinajstić information content (AvgIpc) is 3.42. The van der Waals surface area contributed by atoms with Gasteiger partial charge in [0, 0.05) is 23.2 Å². The number of hydrogen-bond acceptors (Lipinski definition) is 1. The van der Waals surface area contributed by atoms with Crippen LogP contribution in [0.5, 0.6) is 0 Å². The maximum absolute atomic E-state index is 6.16. The summed E-state index contributed by atoms with van der Waals surface area (Å²) in [6, 6.07) is 27.5. The van der Waals surface area contributed by atoms with Crippen LogP contribution in [0.1, 0.15) is 22.4 Å². The molecule has 4 heteroatoms. The Morgan fingerprint density at radius 3 is 2.34 bits per heavy atom. The summed E-state index contributed by atoms with van der Waals surface area (Å²) in [6.07, 6.45) is 2.93. The summed E-state index contributed by atoms with van der Waals surface area (Å²) in [7, 11) is 0. The van der Waals surface area contributed by atoms with Gasteiger partial charge in [-0.3, -0.25) is 4.40 Å². The number of hydrogen-bond donors (Lipinski definition) is 0. The molecule has 0 amide bonds. The Morgan fingerprint density at radius 1 is 0.812 bits per heavy atom. The fourth-order valence-corrected chi connectivity index (χ4v) is 4.75. The van der Waals surface area contributed by atoms with Crippen LogP contribution in [0.3, 0.4) is 0 Å². The third kappa shape index (κ3) is 2.93. The first-order chi connectivity index (χ1) is 15.6. The van der Waals surface area contributed by atoms with Crippen molar-refractivity contribution in [2.75, 3.05) is 0 Å². The SMILES string of the molecule is Cc1cc2nc3c4cccn4c(Cc4ccc(Cl)cc4)c(-c4ccccc4)n3c2cc1C. The highest BCUT2D eigenvalue weighted by Gasteiger charge is 2.20. The Balaban J connectivity index is 1.78. The van der Waals surface area contributed by atoms with E-state index in [0.29, 0.717) is 0 Å². The van der Waals surface area contributed by atoms with E-state index in [2.05, 4.69) is 95.6 Å². The van der Waals surface area contributed by atoms with Gasteiger partial charge in [-0.05, 0) is 66.9 Å². The zero-order chi connectivity index (χ0) is 21.8. The van der Waals surface area contributed by atoms with Gasteiger partial charge in [0.2, 0.25) is 0 Å². The van der Waals surface area contributed by atoms with Gasteiger partial charge in [-0.25, -0.2) is 4.98 Å². The fourth-order valence-electron chi connectivity index (χ4n) is 4.63. The second-order valence-corrected chi connectivity index (χ2v) is 8.86. The first-order valence-corrected chi connectivity index (χ1v) is 11.2. The summed E-state index contributed by atoms with van der Waals surface area (Å²) in [5.74, 6) is 0. The lowest BCUT2D eigenvalue weighted by Gasteiger charge is -2.17. The van der Waals surface area contributed by atoms with Crippen molar-refractivity contribution in [1.29, 1.82) is 0 Å². The third-order valence-corrected chi connectivity index (χ3v) is 6.62. The normalized spacial score (nSPS) is 11.7. The van der Waals surface area contributed by atoms with Gasteiger partial charge in [-0.1, -0.05) is 54.1 Å². The van der Waals surface area contributed by atoms with Crippen LogP contribution in [-0.4, -0.2) is 13.8 Å². The summed E-state index contributed by atoms with van der Waals surface area (Å²) in [4.78, 5) is 5.09. The van der Waals surface area contributed by atoms with E-state index in [1.54, 1.807) is 0 Å². The summed E-state index contributed by atoms with van der Waals surface area (Å²) in [5.41, 5.74) is 11.6. The number of fused-ring (bicyclic) bond motifs is 5. The van der Waals surface area contributed by atoms with Crippen LogP contribution in [0.25, 0.3) is 33.5 Å². The third-order valence-electron chi connectivity index (χ3n) is 6.37. The molecule has 0 N–H and O–H groups in total. The van der Waals surface area contributed by atoms with Crippen molar-refractivity contribution in [2.24, 2.45) is 0 Å². The van der Waals surface area contributed by atoms with Gasteiger partial charge >= 0.3 is 0 Å². The maximum atomic E-state index is 6.16. The highest BCUT2D eigenvalue weighted by molar-refractivity contribution is 6.30. The van der Waals surface area contributed by atoms with E-state index in [1.807, 2.05) is 12.1 Å². The van der Waals surface area contributed by atoms with Gasteiger partial charge in [-0.2, -0.15) is 0 Å². The molecule has 0 saturated carbocycles. The molecule has 0 aliphatic heterocycles. The van der Waals surface area contributed by atoms with Gasteiger partial charge in [0.05, 0.1) is 27.9 Å². The van der Waals surface area contributed by atoms with Crippen LogP contribution in [0.2, 0.25) is 5.02 Å². The summed E-state index contributed by atoms with van der Waals surface area (Å²) in [5, 5.41) is 0.755. The van der Waals surface area contributed by atoms with Crippen molar-refractivity contribution in [1.82, 2.24) is 13.8 Å².